The summed E-state index contributed by atoms with van der Waals surface area (Å²) in [6.07, 6.45) is 1.65. The van der Waals surface area contributed by atoms with E-state index in [2.05, 4.69) is 14.9 Å². The highest BCUT2D eigenvalue weighted by atomic mass is 19.4. The van der Waals surface area contributed by atoms with Gasteiger partial charge in [0.15, 0.2) is 6.61 Å². The van der Waals surface area contributed by atoms with Crippen LogP contribution < -0.4 is 10.1 Å². The molecule has 0 fully saturated rings. The van der Waals surface area contributed by atoms with Gasteiger partial charge >= 0.3 is 6.18 Å². The molecule has 0 saturated heterocycles. The molecule has 2 aromatic rings. The molecular weight excluding hydrogens is 319 g/mol. The highest BCUT2D eigenvalue weighted by Crippen LogP contribution is 2.26. The molecule has 1 N–H and O–H groups in total. The Morgan fingerprint density at radius 2 is 2.12 bits per heavy atom. The second kappa shape index (κ2) is 7.25. The standard InChI is InChI=1S/C17H20F3N3O/c18-17(19,20)12-24-15-6-2-1-4-13(15)10-21-11-14-5-3-8-23-9-7-22-16(14)23/h1-2,4,6-7,9,14,21H,3,5,8,10-12H2/t14-/m1/s1. The Hall–Kier alpha value is -2.02. The quantitative estimate of drug-likeness (QED) is 0.876. The largest absolute Gasteiger partial charge is 0.484 e. The first kappa shape index (κ1) is 16.8. The van der Waals surface area contributed by atoms with Gasteiger partial charge in [0, 0.05) is 43.5 Å². The fourth-order valence-corrected chi connectivity index (χ4v) is 3.03. The van der Waals surface area contributed by atoms with Gasteiger partial charge in [0.2, 0.25) is 0 Å². The lowest BCUT2D eigenvalue weighted by molar-refractivity contribution is -0.153. The number of benzene rings is 1. The predicted molar refractivity (Wildman–Crippen MR) is 83.9 cm³/mol. The Labute approximate surface area is 138 Å². The zero-order valence-corrected chi connectivity index (χ0v) is 13.2. The summed E-state index contributed by atoms with van der Waals surface area (Å²) in [4.78, 5) is 4.41. The fraction of sp³-hybridized carbons (Fsp3) is 0.471. The lowest BCUT2D eigenvalue weighted by atomic mass is 9.99. The molecule has 3 rings (SSSR count). The van der Waals surface area contributed by atoms with E-state index < -0.39 is 12.8 Å². The molecule has 2 heterocycles. The number of imidazole rings is 1. The molecule has 7 heteroatoms. The van der Waals surface area contributed by atoms with E-state index >= 15 is 0 Å². The average Bonchev–Trinajstić information content (AvgIpc) is 3.03. The lowest BCUT2D eigenvalue weighted by Gasteiger charge is -2.24. The second-order valence-electron chi connectivity index (χ2n) is 5.96. The molecule has 24 heavy (non-hydrogen) atoms. The van der Waals surface area contributed by atoms with Crippen molar-refractivity contribution < 1.29 is 17.9 Å². The number of ether oxygens (including phenoxy) is 1. The minimum Gasteiger partial charge on any atom is -0.484 e. The van der Waals surface area contributed by atoms with Crippen molar-refractivity contribution in [1.82, 2.24) is 14.9 Å². The van der Waals surface area contributed by atoms with Gasteiger partial charge < -0.3 is 14.6 Å². The van der Waals surface area contributed by atoms with E-state index in [1.165, 1.54) is 0 Å². The number of hydrogen-bond donors (Lipinski definition) is 1. The molecule has 0 bridgehead atoms. The van der Waals surface area contributed by atoms with Crippen molar-refractivity contribution in [3.63, 3.8) is 0 Å². The second-order valence-corrected chi connectivity index (χ2v) is 5.96. The van der Waals surface area contributed by atoms with Gasteiger partial charge in [0.05, 0.1) is 0 Å². The lowest BCUT2D eigenvalue weighted by Crippen LogP contribution is -2.27. The van der Waals surface area contributed by atoms with Crippen LogP contribution in [0.1, 0.15) is 30.1 Å². The highest BCUT2D eigenvalue weighted by molar-refractivity contribution is 5.33. The maximum Gasteiger partial charge on any atom is 0.422 e. The summed E-state index contributed by atoms with van der Waals surface area (Å²) in [5.41, 5.74) is 0.723. The third-order valence-electron chi connectivity index (χ3n) is 4.13. The van der Waals surface area contributed by atoms with Crippen LogP contribution in [0.2, 0.25) is 0 Å². The third-order valence-corrected chi connectivity index (χ3v) is 4.13. The fourth-order valence-electron chi connectivity index (χ4n) is 3.03. The molecule has 0 unspecified atom stereocenters. The van der Waals surface area contributed by atoms with Crippen molar-refractivity contribution >= 4 is 0 Å². The average molecular weight is 339 g/mol. The number of hydrogen-bond acceptors (Lipinski definition) is 3. The summed E-state index contributed by atoms with van der Waals surface area (Å²) in [6.45, 7) is 0.930. The molecule has 0 aliphatic carbocycles. The highest BCUT2D eigenvalue weighted by Gasteiger charge is 2.28. The molecule has 4 nitrogen and oxygen atoms in total. The van der Waals surface area contributed by atoms with Crippen LogP contribution in [0.5, 0.6) is 5.75 Å². The van der Waals surface area contributed by atoms with Gasteiger partial charge in [-0.05, 0) is 18.9 Å². The molecule has 130 valence electrons. The zero-order chi connectivity index (χ0) is 17.0. The van der Waals surface area contributed by atoms with Crippen molar-refractivity contribution in [2.45, 2.75) is 38.0 Å². The summed E-state index contributed by atoms with van der Waals surface area (Å²) in [5, 5.41) is 3.33. The van der Waals surface area contributed by atoms with E-state index in [1.807, 2.05) is 12.4 Å². The molecule has 0 spiro atoms. The maximum absolute atomic E-state index is 12.3. The van der Waals surface area contributed by atoms with Crippen LogP contribution in [0.25, 0.3) is 0 Å². The molecule has 0 saturated carbocycles. The summed E-state index contributed by atoms with van der Waals surface area (Å²) in [6, 6.07) is 6.81. The van der Waals surface area contributed by atoms with E-state index in [9.17, 15) is 13.2 Å². The third kappa shape index (κ3) is 4.29. The van der Waals surface area contributed by atoms with Crippen LogP contribution in [0, 0.1) is 0 Å². The molecule has 1 aromatic carbocycles. The first-order valence-electron chi connectivity index (χ1n) is 8.02. The normalized spacial score (nSPS) is 17.5. The van der Waals surface area contributed by atoms with Crippen LogP contribution in [0.4, 0.5) is 13.2 Å². The summed E-state index contributed by atoms with van der Waals surface area (Å²) in [5.74, 6) is 1.68. The van der Waals surface area contributed by atoms with Gasteiger partial charge in [-0.1, -0.05) is 18.2 Å². The van der Waals surface area contributed by atoms with Gasteiger partial charge in [-0.3, -0.25) is 0 Å². The van der Waals surface area contributed by atoms with Crippen LogP contribution in [-0.2, 0) is 13.1 Å². The molecule has 1 aromatic heterocycles. The van der Waals surface area contributed by atoms with Crippen LogP contribution in [-0.4, -0.2) is 28.9 Å². The van der Waals surface area contributed by atoms with Crippen LogP contribution in [0.3, 0.4) is 0 Å². The molecular formula is C17H20F3N3O. The number of nitrogens with one attached hydrogen (secondary N) is 1. The van der Waals surface area contributed by atoms with Crippen molar-refractivity contribution in [1.29, 1.82) is 0 Å². The predicted octanol–water partition coefficient (Wildman–Crippen LogP) is 3.49. The van der Waals surface area contributed by atoms with Crippen molar-refractivity contribution in [2.75, 3.05) is 13.2 Å². The first-order valence-corrected chi connectivity index (χ1v) is 8.02. The number of rotatable bonds is 6. The van der Waals surface area contributed by atoms with Crippen molar-refractivity contribution in [3.8, 4) is 5.75 Å². The molecule has 1 aliphatic rings. The monoisotopic (exact) mass is 339 g/mol. The Bertz CT molecular complexity index is 669. The smallest absolute Gasteiger partial charge is 0.422 e. The number of alkyl halides is 3. The minimum absolute atomic E-state index is 0.271. The van der Waals surface area contributed by atoms with Crippen molar-refractivity contribution in [3.05, 3.63) is 48.0 Å². The maximum atomic E-state index is 12.3. The van der Waals surface area contributed by atoms with Crippen molar-refractivity contribution in [2.24, 2.45) is 0 Å². The van der Waals surface area contributed by atoms with Gasteiger partial charge in [0.25, 0.3) is 0 Å². The summed E-state index contributed by atoms with van der Waals surface area (Å²) in [7, 11) is 0. The number of nitrogens with zero attached hydrogens (tertiary/aromatic N) is 2. The van der Waals surface area contributed by atoms with E-state index in [0.717, 1.165) is 37.3 Å². The van der Waals surface area contributed by atoms with Gasteiger partial charge in [-0.2, -0.15) is 13.2 Å². The molecule has 0 radical (unpaired) electrons. The van der Waals surface area contributed by atoms with Gasteiger partial charge in [0.1, 0.15) is 11.6 Å². The van der Waals surface area contributed by atoms with Crippen LogP contribution in [0.15, 0.2) is 36.7 Å². The number of aromatic nitrogens is 2. The first-order chi connectivity index (χ1) is 11.5. The van der Waals surface area contributed by atoms with Gasteiger partial charge in [-0.25, -0.2) is 4.98 Å². The SMILES string of the molecule is FC(F)(F)COc1ccccc1CNC[C@H]1CCCn2ccnc21. The number of para-hydroxylation sites is 1. The van der Waals surface area contributed by atoms with Crippen LogP contribution >= 0.6 is 0 Å². The topological polar surface area (TPSA) is 39.1 Å². The summed E-state index contributed by atoms with van der Waals surface area (Å²) < 4.78 is 44.1. The Morgan fingerprint density at radius 3 is 2.96 bits per heavy atom. The Kier molecular flexibility index (Phi) is 5.08. The van der Waals surface area contributed by atoms with Gasteiger partial charge in [-0.15, -0.1) is 0 Å². The Balaban J connectivity index is 1.56. The summed E-state index contributed by atoms with van der Waals surface area (Å²) >= 11 is 0. The van der Waals surface area contributed by atoms with E-state index in [0.29, 0.717) is 12.5 Å². The number of aryl methyl sites for hydroxylation is 1. The number of fused-ring (bicyclic) bond motifs is 1. The number of halogens is 3. The van der Waals surface area contributed by atoms with E-state index in [-0.39, 0.29) is 5.75 Å². The minimum atomic E-state index is -4.33. The Morgan fingerprint density at radius 1 is 1.29 bits per heavy atom. The zero-order valence-electron chi connectivity index (χ0n) is 13.2. The molecule has 0 amide bonds. The molecule has 1 aliphatic heterocycles. The van der Waals surface area contributed by atoms with E-state index in [4.69, 9.17) is 4.74 Å². The van der Waals surface area contributed by atoms with E-state index in [1.54, 1.807) is 24.3 Å². The molecule has 1 atom stereocenters.